The quantitative estimate of drug-likeness (QED) is 0.218. The van der Waals surface area contributed by atoms with Crippen LogP contribution in [0.4, 0.5) is 26.7 Å². The molecule has 1 aromatic rings. The molecule has 7 nitrogen and oxygen atoms in total. The number of hydrogen-bond acceptors (Lipinski definition) is 5. The molecule has 0 unspecified atom stereocenters. The van der Waals surface area contributed by atoms with E-state index < -0.39 is 76.4 Å². The second kappa shape index (κ2) is 10.1. The number of rotatable bonds is 6. The van der Waals surface area contributed by atoms with E-state index in [-0.39, 0.29) is 6.42 Å². The average molecular weight is 468 g/mol. The zero-order chi connectivity index (χ0) is 25.0. The first-order chi connectivity index (χ1) is 14.4. The van der Waals surface area contributed by atoms with E-state index in [9.17, 15) is 36.3 Å². The molecule has 1 aromatic carbocycles. The maximum atomic E-state index is 13.6. The smallest absolute Gasteiger partial charge is 0.408 e. The van der Waals surface area contributed by atoms with Gasteiger partial charge in [-0.2, -0.15) is 8.78 Å². The van der Waals surface area contributed by atoms with E-state index in [4.69, 9.17) is 4.74 Å². The Kier molecular flexibility index (Phi) is 8.59. The lowest BCUT2D eigenvalue weighted by Gasteiger charge is -2.27. The minimum Gasteiger partial charge on any atom is -0.444 e. The summed E-state index contributed by atoms with van der Waals surface area (Å²) in [6.07, 6.45) is -0.781. The topological polar surface area (TPSA) is 93.7 Å². The molecule has 0 spiro atoms. The number of carbonyl (C=O) groups is 3. The highest BCUT2D eigenvalue weighted by Gasteiger charge is 2.31. The van der Waals surface area contributed by atoms with Gasteiger partial charge in [-0.1, -0.05) is 20.8 Å². The lowest BCUT2D eigenvalue weighted by Crippen LogP contribution is -2.50. The summed E-state index contributed by atoms with van der Waals surface area (Å²) in [5.74, 6) is -15.8. The Balaban J connectivity index is 2.88. The van der Waals surface area contributed by atoms with Gasteiger partial charge in [0.05, 0.1) is 0 Å². The molecule has 0 saturated heterocycles. The monoisotopic (exact) mass is 468 g/mol. The number of esters is 1. The SMILES string of the molecule is CC(C)(C)C[C@@H](NC(=O)OC(C)(C)C)C(=O)NCC(=O)Oc1c(F)c(F)c(F)c(F)c1F. The minimum atomic E-state index is -2.41. The van der Waals surface area contributed by atoms with Gasteiger partial charge in [0.25, 0.3) is 0 Å². The van der Waals surface area contributed by atoms with E-state index in [1.54, 1.807) is 41.5 Å². The van der Waals surface area contributed by atoms with E-state index in [0.29, 0.717) is 0 Å². The second-order valence-corrected chi connectivity index (χ2v) is 9.05. The van der Waals surface area contributed by atoms with Crippen LogP contribution in [0.2, 0.25) is 0 Å². The van der Waals surface area contributed by atoms with Crippen LogP contribution < -0.4 is 15.4 Å². The van der Waals surface area contributed by atoms with Crippen molar-refractivity contribution in [3.63, 3.8) is 0 Å². The van der Waals surface area contributed by atoms with Crippen molar-refractivity contribution in [3.8, 4) is 5.75 Å². The van der Waals surface area contributed by atoms with Gasteiger partial charge in [-0.25, -0.2) is 22.8 Å². The zero-order valence-corrected chi connectivity index (χ0v) is 18.4. The van der Waals surface area contributed by atoms with Gasteiger partial charge < -0.3 is 20.1 Å². The first-order valence-corrected chi connectivity index (χ1v) is 9.42. The lowest BCUT2D eigenvalue weighted by atomic mass is 9.88. The molecule has 1 rings (SSSR count). The third kappa shape index (κ3) is 7.97. The van der Waals surface area contributed by atoms with Crippen molar-refractivity contribution in [2.45, 2.75) is 59.6 Å². The summed E-state index contributed by atoms with van der Waals surface area (Å²) in [7, 11) is 0. The summed E-state index contributed by atoms with van der Waals surface area (Å²) >= 11 is 0. The first kappa shape index (κ1) is 27.1. The molecule has 0 radical (unpaired) electrons. The van der Waals surface area contributed by atoms with Gasteiger partial charge in [-0.05, 0) is 32.6 Å². The van der Waals surface area contributed by atoms with Crippen LogP contribution in [0, 0.1) is 34.5 Å². The number of halogens is 5. The van der Waals surface area contributed by atoms with Crippen molar-refractivity contribution >= 4 is 18.0 Å². The van der Waals surface area contributed by atoms with E-state index in [2.05, 4.69) is 15.4 Å². The molecule has 0 aliphatic rings. The molecule has 12 heteroatoms. The Morgan fingerprint density at radius 2 is 1.31 bits per heavy atom. The Morgan fingerprint density at radius 3 is 1.75 bits per heavy atom. The van der Waals surface area contributed by atoms with Crippen molar-refractivity contribution in [2.75, 3.05) is 6.54 Å². The van der Waals surface area contributed by atoms with Crippen LogP contribution in [0.15, 0.2) is 0 Å². The van der Waals surface area contributed by atoms with Gasteiger partial charge in [0.2, 0.25) is 40.7 Å². The van der Waals surface area contributed by atoms with Crippen LogP contribution in [0.25, 0.3) is 0 Å². The molecule has 0 aliphatic heterocycles. The van der Waals surface area contributed by atoms with Crippen LogP contribution in [0.5, 0.6) is 5.75 Å². The van der Waals surface area contributed by atoms with E-state index in [1.807, 2.05) is 0 Å². The van der Waals surface area contributed by atoms with Gasteiger partial charge in [0, 0.05) is 0 Å². The molecule has 0 bridgehead atoms. The highest BCUT2D eigenvalue weighted by atomic mass is 19.2. The van der Waals surface area contributed by atoms with Crippen molar-refractivity contribution in [1.29, 1.82) is 0 Å². The summed E-state index contributed by atoms with van der Waals surface area (Å²) in [4.78, 5) is 36.3. The zero-order valence-electron chi connectivity index (χ0n) is 18.4. The fourth-order valence-corrected chi connectivity index (χ4v) is 2.38. The molecular formula is C20H25F5N2O5. The second-order valence-electron chi connectivity index (χ2n) is 9.05. The number of alkyl carbamates (subject to hydrolysis) is 1. The molecule has 0 aliphatic carbocycles. The fraction of sp³-hybridized carbons (Fsp3) is 0.550. The van der Waals surface area contributed by atoms with Gasteiger partial charge >= 0.3 is 12.1 Å². The fourth-order valence-electron chi connectivity index (χ4n) is 2.38. The predicted molar refractivity (Wildman–Crippen MR) is 102 cm³/mol. The molecule has 1 atom stereocenters. The molecular weight excluding hydrogens is 443 g/mol. The maximum Gasteiger partial charge on any atom is 0.408 e. The summed E-state index contributed by atoms with van der Waals surface area (Å²) in [5, 5.41) is 4.44. The predicted octanol–water partition coefficient (Wildman–Crippen LogP) is 3.73. The summed E-state index contributed by atoms with van der Waals surface area (Å²) in [6.45, 7) is 9.20. The minimum absolute atomic E-state index is 0.116. The number of ether oxygens (including phenoxy) is 2. The Bertz CT molecular complexity index is 865. The highest BCUT2D eigenvalue weighted by molar-refractivity contribution is 5.88. The Morgan fingerprint density at radius 1 is 0.844 bits per heavy atom. The standard InChI is InChI=1S/C20H25F5N2O5/c1-19(2,3)7-9(27-18(30)32-20(4,5)6)17(29)26-8-10(28)31-16-14(24)12(22)11(21)13(23)15(16)25/h9H,7-8H2,1-6H3,(H,26,29)(H,27,30)/t9-/m1/s1. The molecule has 2 amide bonds. The molecule has 0 heterocycles. The number of nitrogens with one attached hydrogen (secondary N) is 2. The summed E-state index contributed by atoms with van der Waals surface area (Å²) in [5.41, 5.74) is -1.29. The van der Waals surface area contributed by atoms with Crippen LogP contribution in [-0.4, -0.2) is 36.2 Å². The number of hydrogen-bond donors (Lipinski definition) is 2. The molecule has 0 saturated carbocycles. The largest absolute Gasteiger partial charge is 0.444 e. The normalized spacial score (nSPS) is 12.7. The van der Waals surface area contributed by atoms with Gasteiger partial charge in [-0.15, -0.1) is 0 Å². The maximum absolute atomic E-state index is 13.6. The number of carbonyl (C=O) groups excluding carboxylic acids is 3. The Labute approximate surface area is 181 Å². The van der Waals surface area contributed by atoms with Gasteiger partial charge in [0.1, 0.15) is 18.2 Å². The third-order valence-electron chi connectivity index (χ3n) is 3.62. The van der Waals surface area contributed by atoms with E-state index in [0.717, 1.165) is 0 Å². The van der Waals surface area contributed by atoms with E-state index >= 15 is 0 Å². The molecule has 32 heavy (non-hydrogen) atoms. The lowest BCUT2D eigenvalue weighted by molar-refractivity contribution is -0.136. The van der Waals surface area contributed by atoms with Crippen LogP contribution in [-0.2, 0) is 14.3 Å². The van der Waals surface area contributed by atoms with E-state index in [1.165, 1.54) is 0 Å². The highest BCUT2D eigenvalue weighted by Crippen LogP contribution is 2.29. The van der Waals surface area contributed by atoms with Crippen LogP contribution >= 0.6 is 0 Å². The first-order valence-electron chi connectivity index (χ1n) is 9.42. The molecule has 0 fully saturated rings. The van der Waals surface area contributed by atoms with Crippen molar-refractivity contribution in [3.05, 3.63) is 29.1 Å². The number of benzene rings is 1. The van der Waals surface area contributed by atoms with Crippen molar-refractivity contribution in [2.24, 2.45) is 5.41 Å². The van der Waals surface area contributed by atoms with Gasteiger partial charge in [0.15, 0.2) is 0 Å². The molecule has 180 valence electrons. The summed E-state index contributed by atoms with van der Waals surface area (Å²) in [6, 6.07) is -1.16. The summed E-state index contributed by atoms with van der Waals surface area (Å²) < 4.78 is 76.0. The Hall–Kier alpha value is -2.92. The van der Waals surface area contributed by atoms with Gasteiger partial charge in [-0.3, -0.25) is 4.79 Å². The van der Waals surface area contributed by atoms with Crippen molar-refractivity contribution in [1.82, 2.24) is 10.6 Å². The number of amides is 2. The van der Waals surface area contributed by atoms with Crippen LogP contribution in [0.3, 0.4) is 0 Å². The van der Waals surface area contributed by atoms with Crippen molar-refractivity contribution < 1.29 is 45.8 Å². The molecule has 0 aromatic heterocycles. The van der Waals surface area contributed by atoms with Crippen LogP contribution in [0.1, 0.15) is 48.0 Å². The third-order valence-corrected chi connectivity index (χ3v) is 3.62. The molecule has 2 N–H and O–H groups in total. The average Bonchev–Trinajstić information content (AvgIpc) is 2.63.